The van der Waals surface area contributed by atoms with Gasteiger partial charge in [0.25, 0.3) is 5.91 Å². The first kappa shape index (κ1) is 15.0. The van der Waals surface area contributed by atoms with Gasteiger partial charge < -0.3 is 0 Å². The summed E-state index contributed by atoms with van der Waals surface area (Å²) in [6.45, 7) is 0. The molecule has 11 heteroatoms. The number of carbonyl (C=O) groups excluding carboxylic acids is 1. The Balaban J connectivity index is 1.87. The van der Waals surface area contributed by atoms with Crippen LogP contribution in [-0.2, 0) is 0 Å². The van der Waals surface area contributed by atoms with Crippen LogP contribution in [0.1, 0.15) is 10.4 Å². The third-order valence-corrected chi connectivity index (χ3v) is 2.97. The van der Waals surface area contributed by atoms with Crippen molar-refractivity contribution in [2.75, 3.05) is 5.43 Å². The minimum absolute atomic E-state index is 0.0214. The average Bonchev–Trinajstić information content (AvgIpc) is 3.14. The van der Waals surface area contributed by atoms with Gasteiger partial charge in [0.1, 0.15) is 12.7 Å². The number of aromatic nitrogens is 5. The monoisotopic (exact) mass is 326 g/mol. The van der Waals surface area contributed by atoms with E-state index in [1.54, 1.807) is 0 Å². The Bertz CT molecular complexity index is 866. The molecule has 0 radical (unpaired) electrons. The SMILES string of the molecule is O=C(NNc1ncnc(-n2ccnc2)c1[N+](=O)[O-])c1ccncc1. The van der Waals surface area contributed by atoms with E-state index in [1.165, 1.54) is 47.8 Å². The summed E-state index contributed by atoms with van der Waals surface area (Å²) in [6.07, 6.45) is 8.40. The lowest BCUT2D eigenvalue weighted by atomic mass is 10.3. The number of nitrogens with zero attached hydrogens (tertiary/aromatic N) is 6. The molecule has 0 aromatic carbocycles. The quantitative estimate of drug-likeness (QED) is 0.516. The van der Waals surface area contributed by atoms with Gasteiger partial charge >= 0.3 is 5.69 Å². The Hall–Kier alpha value is -3.89. The highest BCUT2D eigenvalue weighted by Crippen LogP contribution is 2.26. The second-order valence-electron chi connectivity index (χ2n) is 4.44. The van der Waals surface area contributed by atoms with Gasteiger partial charge in [-0.1, -0.05) is 0 Å². The predicted octanol–water partition coefficient (Wildman–Crippen LogP) is 0.722. The molecule has 1 amide bonds. The van der Waals surface area contributed by atoms with E-state index in [1.807, 2.05) is 0 Å². The number of anilines is 1. The first-order valence-corrected chi connectivity index (χ1v) is 6.61. The van der Waals surface area contributed by atoms with Crippen molar-refractivity contribution < 1.29 is 9.72 Å². The van der Waals surface area contributed by atoms with Crippen molar-refractivity contribution in [3.8, 4) is 5.82 Å². The zero-order valence-corrected chi connectivity index (χ0v) is 12.0. The number of rotatable bonds is 5. The zero-order chi connectivity index (χ0) is 16.9. The summed E-state index contributed by atoms with van der Waals surface area (Å²) in [5, 5.41) is 11.4. The topological polar surface area (TPSA) is 141 Å². The Morgan fingerprint density at radius 1 is 1.17 bits per heavy atom. The van der Waals surface area contributed by atoms with Gasteiger partial charge in [-0.25, -0.2) is 15.0 Å². The first-order chi connectivity index (χ1) is 11.7. The molecule has 3 aromatic rings. The first-order valence-electron chi connectivity index (χ1n) is 6.61. The molecule has 0 fully saturated rings. The fourth-order valence-corrected chi connectivity index (χ4v) is 1.89. The molecule has 0 aliphatic carbocycles. The standard InChI is InChI=1S/C13H10N8O3/c22-13(9-1-3-14-4-2-9)19-18-11-10(21(23)24)12(17-7-16-11)20-6-5-15-8-20/h1-8H,(H,19,22)(H,16,17,18). The van der Waals surface area contributed by atoms with Crippen LogP contribution in [-0.4, -0.2) is 35.3 Å². The summed E-state index contributed by atoms with van der Waals surface area (Å²) in [7, 11) is 0. The molecule has 0 saturated heterocycles. The predicted molar refractivity (Wildman–Crippen MR) is 81.1 cm³/mol. The smallest absolute Gasteiger partial charge is 0.285 e. The summed E-state index contributed by atoms with van der Waals surface area (Å²) < 4.78 is 1.37. The van der Waals surface area contributed by atoms with E-state index in [0.717, 1.165) is 6.33 Å². The lowest BCUT2D eigenvalue weighted by Gasteiger charge is -2.09. The molecule has 0 aliphatic rings. The fraction of sp³-hybridized carbons (Fsp3) is 0. The lowest BCUT2D eigenvalue weighted by molar-refractivity contribution is -0.384. The number of hydrogen-bond acceptors (Lipinski definition) is 8. The van der Waals surface area contributed by atoms with Crippen LogP contribution in [0.15, 0.2) is 49.6 Å². The molecule has 24 heavy (non-hydrogen) atoms. The number of nitrogens with one attached hydrogen (secondary N) is 2. The molecule has 3 aromatic heterocycles. The van der Waals surface area contributed by atoms with E-state index in [2.05, 4.69) is 30.8 Å². The van der Waals surface area contributed by atoms with E-state index in [-0.39, 0.29) is 11.6 Å². The van der Waals surface area contributed by atoms with Gasteiger partial charge in [0, 0.05) is 30.4 Å². The molecule has 11 nitrogen and oxygen atoms in total. The van der Waals surface area contributed by atoms with Gasteiger partial charge in [-0.3, -0.25) is 35.3 Å². The average molecular weight is 326 g/mol. The van der Waals surface area contributed by atoms with Gasteiger partial charge in [0.05, 0.1) is 4.92 Å². The summed E-state index contributed by atoms with van der Waals surface area (Å²) in [5.41, 5.74) is 4.73. The van der Waals surface area contributed by atoms with Crippen LogP contribution in [0.2, 0.25) is 0 Å². The van der Waals surface area contributed by atoms with E-state index in [9.17, 15) is 14.9 Å². The molecule has 2 N–H and O–H groups in total. The maximum Gasteiger partial charge on any atom is 0.355 e. The molecule has 0 saturated carbocycles. The van der Waals surface area contributed by atoms with Crippen molar-refractivity contribution in [2.45, 2.75) is 0 Å². The normalized spacial score (nSPS) is 10.2. The highest BCUT2D eigenvalue weighted by molar-refractivity contribution is 5.94. The Labute approximate surface area is 134 Å². The summed E-state index contributed by atoms with van der Waals surface area (Å²) >= 11 is 0. The second kappa shape index (κ2) is 6.48. The highest BCUT2D eigenvalue weighted by atomic mass is 16.6. The number of hydrogen-bond donors (Lipinski definition) is 2. The molecular weight excluding hydrogens is 316 g/mol. The molecule has 3 rings (SSSR count). The van der Waals surface area contributed by atoms with Gasteiger partial charge in [-0.05, 0) is 12.1 Å². The maximum absolute atomic E-state index is 12.0. The molecule has 120 valence electrons. The molecule has 0 spiro atoms. The van der Waals surface area contributed by atoms with E-state index in [0.29, 0.717) is 5.56 Å². The largest absolute Gasteiger partial charge is 0.355 e. The summed E-state index contributed by atoms with van der Waals surface area (Å²) in [5.74, 6) is -0.622. The van der Waals surface area contributed by atoms with Crippen LogP contribution >= 0.6 is 0 Å². The number of hydrazine groups is 1. The Kier molecular flexibility index (Phi) is 4.05. The third kappa shape index (κ3) is 2.99. The Morgan fingerprint density at radius 3 is 2.62 bits per heavy atom. The second-order valence-corrected chi connectivity index (χ2v) is 4.44. The van der Waals surface area contributed by atoms with Crippen molar-refractivity contribution in [3.05, 3.63) is 65.3 Å². The lowest BCUT2D eigenvalue weighted by Crippen LogP contribution is -2.30. The van der Waals surface area contributed by atoms with Gasteiger partial charge in [-0.2, -0.15) is 0 Å². The van der Waals surface area contributed by atoms with Crippen molar-refractivity contribution >= 4 is 17.4 Å². The van der Waals surface area contributed by atoms with Gasteiger partial charge in [-0.15, -0.1) is 0 Å². The third-order valence-electron chi connectivity index (χ3n) is 2.97. The number of pyridine rings is 1. The van der Waals surface area contributed by atoms with Crippen LogP contribution in [0.4, 0.5) is 11.5 Å². The van der Waals surface area contributed by atoms with Crippen LogP contribution in [0.3, 0.4) is 0 Å². The van der Waals surface area contributed by atoms with Crippen LogP contribution in [0, 0.1) is 10.1 Å². The van der Waals surface area contributed by atoms with Crippen molar-refractivity contribution in [2.24, 2.45) is 0 Å². The van der Waals surface area contributed by atoms with E-state index < -0.39 is 16.5 Å². The van der Waals surface area contributed by atoms with Crippen molar-refractivity contribution in [1.82, 2.24) is 29.9 Å². The molecular formula is C13H10N8O3. The summed E-state index contributed by atoms with van der Waals surface area (Å²) in [4.78, 5) is 38.1. The highest BCUT2D eigenvalue weighted by Gasteiger charge is 2.24. The Morgan fingerprint density at radius 2 is 1.96 bits per heavy atom. The molecule has 0 aliphatic heterocycles. The van der Waals surface area contributed by atoms with Crippen LogP contribution in [0.25, 0.3) is 5.82 Å². The minimum atomic E-state index is -0.643. The number of nitro groups is 1. The maximum atomic E-state index is 12.0. The molecule has 3 heterocycles. The van der Waals surface area contributed by atoms with Crippen LogP contribution in [0.5, 0.6) is 0 Å². The number of imidazole rings is 1. The molecule has 0 bridgehead atoms. The number of amides is 1. The van der Waals surface area contributed by atoms with Crippen LogP contribution < -0.4 is 10.9 Å². The molecule has 0 unspecified atom stereocenters. The van der Waals surface area contributed by atoms with Crippen molar-refractivity contribution in [1.29, 1.82) is 0 Å². The molecule has 0 atom stereocenters. The van der Waals surface area contributed by atoms with Gasteiger partial charge in [0.15, 0.2) is 0 Å². The summed E-state index contributed by atoms with van der Waals surface area (Å²) in [6, 6.07) is 3.00. The minimum Gasteiger partial charge on any atom is -0.285 e. The van der Waals surface area contributed by atoms with Crippen molar-refractivity contribution in [3.63, 3.8) is 0 Å². The number of carbonyl (C=O) groups is 1. The van der Waals surface area contributed by atoms with Gasteiger partial charge in [0.2, 0.25) is 11.6 Å². The fourth-order valence-electron chi connectivity index (χ4n) is 1.89. The zero-order valence-electron chi connectivity index (χ0n) is 12.0. The van der Waals surface area contributed by atoms with E-state index in [4.69, 9.17) is 0 Å². The van der Waals surface area contributed by atoms with E-state index >= 15 is 0 Å².